The Morgan fingerprint density at radius 2 is 1.95 bits per heavy atom. The van der Waals surface area contributed by atoms with Gasteiger partial charge in [-0.1, -0.05) is 13.8 Å². The summed E-state index contributed by atoms with van der Waals surface area (Å²) in [5.41, 5.74) is 5.80. The van der Waals surface area contributed by atoms with Crippen LogP contribution in [0.1, 0.15) is 47.0 Å². The number of hydrogen-bond acceptors (Lipinski definition) is 3. The Hall–Kier alpha value is -0.320. The van der Waals surface area contributed by atoms with Gasteiger partial charge < -0.3 is 15.4 Å². The lowest BCUT2D eigenvalue weighted by atomic mass is 9.58. The highest BCUT2D eigenvalue weighted by molar-refractivity contribution is 5.85. The first-order valence-electron chi connectivity index (χ1n) is 7.08. The van der Waals surface area contributed by atoms with Gasteiger partial charge in [-0.15, -0.1) is 12.4 Å². The molecule has 19 heavy (non-hydrogen) atoms. The van der Waals surface area contributed by atoms with Crippen LogP contribution in [0.15, 0.2) is 0 Å². The van der Waals surface area contributed by atoms with Crippen LogP contribution >= 0.6 is 12.4 Å². The van der Waals surface area contributed by atoms with E-state index in [1.165, 1.54) is 0 Å². The topological polar surface area (TPSA) is 55.6 Å². The maximum absolute atomic E-state index is 12.0. The van der Waals surface area contributed by atoms with Gasteiger partial charge in [-0.05, 0) is 33.1 Å². The Labute approximate surface area is 123 Å². The monoisotopic (exact) mass is 292 g/mol. The molecule has 1 amide bonds. The Bertz CT molecular complexity index is 293. The van der Waals surface area contributed by atoms with Crippen molar-refractivity contribution < 1.29 is 9.53 Å². The minimum Gasteiger partial charge on any atom is -0.378 e. The van der Waals surface area contributed by atoms with Gasteiger partial charge in [0.1, 0.15) is 0 Å². The summed E-state index contributed by atoms with van der Waals surface area (Å²) in [6, 6.07) is -0.157. The molecular formula is C14H29ClN2O2. The number of carbonyl (C=O) groups is 1. The Morgan fingerprint density at radius 3 is 2.32 bits per heavy atom. The van der Waals surface area contributed by atoms with Crippen LogP contribution in [0.4, 0.5) is 0 Å². The average molecular weight is 293 g/mol. The van der Waals surface area contributed by atoms with Gasteiger partial charge in [0.2, 0.25) is 5.91 Å². The summed E-state index contributed by atoms with van der Waals surface area (Å²) < 4.78 is 5.83. The summed E-state index contributed by atoms with van der Waals surface area (Å²) >= 11 is 0. The van der Waals surface area contributed by atoms with E-state index in [1.807, 2.05) is 18.9 Å². The van der Waals surface area contributed by atoms with E-state index in [-0.39, 0.29) is 35.9 Å². The van der Waals surface area contributed by atoms with Crippen LogP contribution in [0.25, 0.3) is 0 Å². The third-order valence-corrected chi connectivity index (χ3v) is 4.63. The maximum Gasteiger partial charge on any atom is 0.239 e. The minimum absolute atomic E-state index is 0. The van der Waals surface area contributed by atoms with Gasteiger partial charge >= 0.3 is 0 Å². The molecule has 2 unspecified atom stereocenters. The molecule has 0 saturated heterocycles. The average Bonchev–Trinajstić information content (AvgIpc) is 2.34. The zero-order valence-corrected chi connectivity index (χ0v) is 13.6. The summed E-state index contributed by atoms with van der Waals surface area (Å²) in [5.74, 6) is 0.0289. The second-order valence-corrected chi connectivity index (χ2v) is 5.37. The van der Waals surface area contributed by atoms with Crippen molar-refractivity contribution in [3.05, 3.63) is 0 Å². The standard InChI is InChI=1S/C14H28N2O2.ClH/c1-6-14(7-2)11(9-12(14)18-8-3)16(5)13(17)10(4)15;/h10-12H,6-9,15H2,1-5H3;1H/t10-,11?,12?;/m1./s1. The summed E-state index contributed by atoms with van der Waals surface area (Å²) in [6.07, 6.45) is 3.29. The van der Waals surface area contributed by atoms with E-state index < -0.39 is 6.04 Å². The van der Waals surface area contributed by atoms with Crippen molar-refractivity contribution in [2.75, 3.05) is 13.7 Å². The third kappa shape index (κ3) is 3.23. The molecule has 4 nitrogen and oxygen atoms in total. The summed E-state index contributed by atoms with van der Waals surface area (Å²) in [5, 5.41) is 0. The van der Waals surface area contributed by atoms with Crippen molar-refractivity contribution in [3.8, 4) is 0 Å². The molecule has 1 aliphatic rings. The summed E-state index contributed by atoms with van der Waals surface area (Å²) in [7, 11) is 1.87. The lowest BCUT2D eigenvalue weighted by Gasteiger charge is -2.58. The highest BCUT2D eigenvalue weighted by Gasteiger charge is 2.55. The number of nitrogens with zero attached hydrogens (tertiary/aromatic N) is 1. The predicted molar refractivity (Wildman–Crippen MR) is 80.5 cm³/mol. The molecule has 0 spiro atoms. The number of hydrogen-bond donors (Lipinski definition) is 1. The molecule has 1 aliphatic carbocycles. The normalized spacial score (nSPS) is 26.0. The number of ether oxygens (including phenoxy) is 1. The first-order chi connectivity index (χ1) is 8.44. The Morgan fingerprint density at radius 1 is 1.42 bits per heavy atom. The van der Waals surface area contributed by atoms with Gasteiger partial charge in [0.05, 0.1) is 12.1 Å². The fraction of sp³-hybridized carbons (Fsp3) is 0.929. The van der Waals surface area contributed by atoms with Crippen LogP contribution in [0.5, 0.6) is 0 Å². The number of carbonyl (C=O) groups excluding carboxylic acids is 1. The molecule has 0 bridgehead atoms. The van der Waals surface area contributed by atoms with Gasteiger partial charge in [-0.2, -0.15) is 0 Å². The fourth-order valence-corrected chi connectivity index (χ4v) is 3.36. The van der Waals surface area contributed by atoms with E-state index in [0.29, 0.717) is 0 Å². The number of rotatable bonds is 6. The smallest absolute Gasteiger partial charge is 0.239 e. The lowest BCUT2D eigenvalue weighted by Crippen LogP contribution is -2.65. The van der Waals surface area contributed by atoms with E-state index in [1.54, 1.807) is 6.92 Å². The first kappa shape index (κ1) is 18.7. The number of halogens is 1. The summed E-state index contributed by atoms with van der Waals surface area (Å²) in [6.45, 7) is 8.89. The molecule has 0 aliphatic heterocycles. The molecule has 0 aromatic carbocycles. The van der Waals surface area contributed by atoms with Crippen molar-refractivity contribution >= 4 is 18.3 Å². The van der Waals surface area contributed by atoms with Crippen molar-refractivity contribution in [1.29, 1.82) is 0 Å². The lowest BCUT2D eigenvalue weighted by molar-refractivity contribution is -0.177. The van der Waals surface area contributed by atoms with Crippen LogP contribution in [-0.4, -0.2) is 42.6 Å². The van der Waals surface area contributed by atoms with Crippen molar-refractivity contribution in [3.63, 3.8) is 0 Å². The molecule has 0 aromatic rings. The third-order valence-electron chi connectivity index (χ3n) is 4.63. The number of nitrogens with two attached hydrogens (primary N) is 1. The van der Waals surface area contributed by atoms with Gasteiger partial charge in [-0.3, -0.25) is 4.79 Å². The van der Waals surface area contributed by atoms with Crippen LogP contribution in [0.3, 0.4) is 0 Å². The molecule has 0 radical (unpaired) electrons. The van der Waals surface area contributed by atoms with Gasteiger partial charge in [0, 0.05) is 25.1 Å². The van der Waals surface area contributed by atoms with Crippen molar-refractivity contribution in [2.24, 2.45) is 11.1 Å². The van der Waals surface area contributed by atoms with E-state index in [2.05, 4.69) is 13.8 Å². The Kier molecular flexibility index (Phi) is 7.33. The molecule has 0 aromatic heterocycles. The predicted octanol–water partition coefficient (Wildman–Crippen LogP) is 2.20. The van der Waals surface area contributed by atoms with Crippen molar-refractivity contribution in [2.45, 2.75) is 65.1 Å². The SMILES string of the molecule is CCOC1CC(N(C)C(=O)[C@@H](C)N)C1(CC)CC.Cl. The second kappa shape index (κ2) is 7.46. The van der Waals surface area contributed by atoms with E-state index >= 15 is 0 Å². The van der Waals surface area contributed by atoms with Crippen LogP contribution in [0, 0.1) is 5.41 Å². The highest BCUT2D eigenvalue weighted by atomic mass is 35.5. The molecule has 5 heteroatoms. The molecule has 114 valence electrons. The Balaban J connectivity index is 0.00000324. The van der Waals surface area contributed by atoms with Crippen LogP contribution in [-0.2, 0) is 9.53 Å². The van der Waals surface area contributed by atoms with Crippen LogP contribution in [0.2, 0.25) is 0 Å². The molecule has 0 heterocycles. The van der Waals surface area contributed by atoms with E-state index in [9.17, 15) is 4.79 Å². The van der Waals surface area contributed by atoms with Gasteiger partial charge in [0.25, 0.3) is 0 Å². The second-order valence-electron chi connectivity index (χ2n) is 5.37. The molecule has 1 saturated carbocycles. The maximum atomic E-state index is 12.0. The highest BCUT2D eigenvalue weighted by Crippen LogP contribution is 2.51. The molecule has 1 fully saturated rings. The van der Waals surface area contributed by atoms with Gasteiger partial charge in [0.15, 0.2) is 0 Å². The molecule has 1 rings (SSSR count). The molecule has 2 N–H and O–H groups in total. The number of likely N-dealkylation sites (N-methyl/N-ethyl adjacent to an activating group) is 1. The molecule has 3 atom stereocenters. The quantitative estimate of drug-likeness (QED) is 0.816. The van der Waals surface area contributed by atoms with E-state index in [0.717, 1.165) is 25.9 Å². The summed E-state index contributed by atoms with van der Waals surface area (Å²) in [4.78, 5) is 13.9. The van der Waals surface area contributed by atoms with Gasteiger partial charge in [-0.25, -0.2) is 0 Å². The molecular weight excluding hydrogens is 264 g/mol. The van der Waals surface area contributed by atoms with E-state index in [4.69, 9.17) is 10.5 Å². The number of amides is 1. The zero-order chi connectivity index (χ0) is 13.9. The van der Waals surface area contributed by atoms with Crippen molar-refractivity contribution in [1.82, 2.24) is 4.90 Å². The zero-order valence-electron chi connectivity index (χ0n) is 12.8. The minimum atomic E-state index is -0.424. The van der Waals surface area contributed by atoms with Crippen LogP contribution < -0.4 is 5.73 Å². The fourth-order valence-electron chi connectivity index (χ4n) is 3.36. The first-order valence-corrected chi connectivity index (χ1v) is 7.08. The largest absolute Gasteiger partial charge is 0.378 e.